The molecule has 0 amide bonds. The lowest BCUT2D eigenvalue weighted by molar-refractivity contribution is 0.0824. The van der Waals surface area contributed by atoms with Crippen molar-refractivity contribution in [1.29, 1.82) is 0 Å². The first kappa shape index (κ1) is 20.9. The van der Waals surface area contributed by atoms with Gasteiger partial charge in [0.25, 0.3) is 0 Å². The zero-order chi connectivity index (χ0) is 20.8. The highest BCUT2D eigenvalue weighted by atomic mass is 35.5. The molecular weight excluding hydrogens is 433 g/mol. The van der Waals surface area contributed by atoms with Crippen LogP contribution in [0.25, 0.3) is 21.8 Å². The highest BCUT2D eigenvalue weighted by Crippen LogP contribution is 2.33. The first-order valence-corrected chi connectivity index (χ1v) is 12.1. The Labute approximate surface area is 180 Å². The second-order valence-corrected chi connectivity index (χ2v) is 10.4. The van der Waals surface area contributed by atoms with Gasteiger partial charge in [-0.05, 0) is 36.4 Å². The van der Waals surface area contributed by atoms with Crippen molar-refractivity contribution in [2.75, 3.05) is 39.0 Å². The van der Waals surface area contributed by atoms with Crippen LogP contribution in [0.5, 0.6) is 0 Å². The lowest BCUT2D eigenvalue weighted by Crippen LogP contribution is -2.50. The molecule has 1 fully saturated rings. The normalized spacial score (nSPS) is 17.9. The second kappa shape index (κ2) is 8.06. The molecule has 0 unspecified atom stereocenters. The van der Waals surface area contributed by atoms with E-state index in [0.717, 1.165) is 21.8 Å². The predicted molar refractivity (Wildman–Crippen MR) is 118 cm³/mol. The highest BCUT2D eigenvalue weighted by Gasteiger charge is 2.25. The molecule has 1 aliphatic heterocycles. The van der Waals surface area contributed by atoms with E-state index in [1.54, 1.807) is 0 Å². The van der Waals surface area contributed by atoms with Crippen molar-refractivity contribution < 1.29 is 13.5 Å². The molecule has 29 heavy (non-hydrogen) atoms. The summed E-state index contributed by atoms with van der Waals surface area (Å²) in [6.45, 7) is 3.05. The molecule has 4 rings (SSSR count). The number of β-amino-alcohol motifs (C(OH)–C–C–N with tert-alkyl or cyclic N) is 1. The maximum Gasteiger partial charge on any atom is 0.211 e. The zero-order valence-electron chi connectivity index (χ0n) is 16.1. The topological polar surface area (TPSA) is 65.8 Å². The van der Waals surface area contributed by atoms with Crippen LogP contribution in [0, 0.1) is 0 Å². The number of aromatic nitrogens is 1. The van der Waals surface area contributed by atoms with Crippen molar-refractivity contribution in [2.24, 2.45) is 0 Å². The molecule has 156 valence electrons. The van der Waals surface area contributed by atoms with Crippen LogP contribution in [-0.4, -0.2) is 72.4 Å². The molecule has 1 N–H and O–H groups in total. The SMILES string of the molecule is CS(=O)(=O)N1CCN(C[C@@H](O)Cn2c3ccc(Cl)cc3c3cc(Cl)ccc32)CC1. The molecule has 9 heteroatoms. The van der Waals surface area contributed by atoms with Gasteiger partial charge >= 0.3 is 0 Å². The number of fused-ring (bicyclic) bond motifs is 3. The predicted octanol–water partition coefficient (Wildman–Crippen LogP) is 3.04. The van der Waals surface area contributed by atoms with Crippen molar-refractivity contribution in [3.8, 4) is 0 Å². The lowest BCUT2D eigenvalue weighted by Gasteiger charge is -2.34. The van der Waals surface area contributed by atoms with Crippen LogP contribution in [0.4, 0.5) is 0 Å². The number of halogens is 2. The maximum atomic E-state index is 11.7. The van der Waals surface area contributed by atoms with E-state index in [1.165, 1.54) is 10.6 Å². The Kier molecular flexibility index (Phi) is 5.81. The molecule has 2 heterocycles. The smallest absolute Gasteiger partial charge is 0.211 e. The van der Waals surface area contributed by atoms with E-state index in [2.05, 4.69) is 9.47 Å². The van der Waals surface area contributed by atoms with Crippen molar-refractivity contribution in [3.05, 3.63) is 46.4 Å². The number of benzene rings is 2. The monoisotopic (exact) mass is 455 g/mol. The summed E-state index contributed by atoms with van der Waals surface area (Å²) in [5.74, 6) is 0. The Morgan fingerprint density at radius 2 is 1.45 bits per heavy atom. The van der Waals surface area contributed by atoms with Crippen LogP contribution in [-0.2, 0) is 16.6 Å². The first-order chi connectivity index (χ1) is 13.7. The minimum Gasteiger partial charge on any atom is -0.390 e. The van der Waals surface area contributed by atoms with Crippen molar-refractivity contribution in [2.45, 2.75) is 12.6 Å². The van der Waals surface area contributed by atoms with Gasteiger partial charge in [0, 0.05) is 64.6 Å². The zero-order valence-corrected chi connectivity index (χ0v) is 18.4. The molecule has 6 nitrogen and oxygen atoms in total. The summed E-state index contributed by atoms with van der Waals surface area (Å²) in [5.41, 5.74) is 1.99. The van der Waals surface area contributed by atoms with E-state index in [-0.39, 0.29) is 0 Å². The standard InChI is InChI=1S/C20H23Cl2N3O3S/c1-29(27,28)24-8-6-23(7-9-24)12-16(26)13-25-19-4-2-14(21)10-17(19)18-11-15(22)3-5-20(18)25/h2-5,10-11,16,26H,6-9,12-13H2,1H3/t16-/m1/s1. The van der Waals surface area contributed by atoms with E-state index in [0.29, 0.717) is 49.3 Å². The molecule has 0 bridgehead atoms. The Hall–Kier alpha value is -1.35. The molecule has 0 radical (unpaired) electrons. The number of nitrogens with zero attached hydrogens (tertiary/aromatic N) is 3. The Morgan fingerprint density at radius 3 is 1.93 bits per heavy atom. The number of aliphatic hydroxyl groups excluding tert-OH is 1. The van der Waals surface area contributed by atoms with Gasteiger partial charge in [-0.2, -0.15) is 4.31 Å². The van der Waals surface area contributed by atoms with Crippen molar-refractivity contribution in [1.82, 2.24) is 13.8 Å². The summed E-state index contributed by atoms with van der Waals surface area (Å²) >= 11 is 12.4. The number of aliphatic hydroxyl groups is 1. The average Bonchev–Trinajstić information content (AvgIpc) is 2.94. The fraction of sp³-hybridized carbons (Fsp3) is 0.400. The molecule has 1 aliphatic rings. The largest absolute Gasteiger partial charge is 0.390 e. The van der Waals surface area contributed by atoms with E-state index >= 15 is 0 Å². The summed E-state index contributed by atoms with van der Waals surface area (Å²) in [4.78, 5) is 2.11. The van der Waals surface area contributed by atoms with E-state index in [4.69, 9.17) is 23.2 Å². The van der Waals surface area contributed by atoms with E-state index in [9.17, 15) is 13.5 Å². The van der Waals surface area contributed by atoms with Gasteiger partial charge in [-0.3, -0.25) is 4.90 Å². The van der Waals surface area contributed by atoms with Gasteiger partial charge in [-0.25, -0.2) is 8.42 Å². The Balaban J connectivity index is 1.55. The number of rotatable bonds is 5. The molecule has 2 aromatic carbocycles. The van der Waals surface area contributed by atoms with Crippen LogP contribution in [0.1, 0.15) is 0 Å². The highest BCUT2D eigenvalue weighted by molar-refractivity contribution is 7.88. The summed E-state index contributed by atoms with van der Waals surface area (Å²) in [5, 5.41) is 14.1. The van der Waals surface area contributed by atoms with E-state index in [1.807, 2.05) is 36.4 Å². The summed E-state index contributed by atoms with van der Waals surface area (Å²) < 4.78 is 26.9. The second-order valence-electron chi connectivity index (χ2n) is 7.55. The fourth-order valence-corrected chi connectivity index (χ4v) is 5.23. The van der Waals surface area contributed by atoms with Crippen LogP contribution in [0.3, 0.4) is 0 Å². The van der Waals surface area contributed by atoms with Crippen LogP contribution < -0.4 is 0 Å². The number of hydrogen-bond donors (Lipinski definition) is 1. The lowest BCUT2D eigenvalue weighted by atomic mass is 10.1. The molecule has 0 spiro atoms. The summed E-state index contributed by atoms with van der Waals surface area (Å²) in [7, 11) is -3.16. The number of sulfonamides is 1. The van der Waals surface area contributed by atoms with Gasteiger partial charge in [0.2, 0.25) is 10.0 Å². The van der Waals surface area contributed by atoms with Crippen molar-refractivity contribution in [3.63, 3.8) is 0 Å². The molecule has 1 atom stereocenters. The molecular formula is C20H23Cl2N3O3S. The summed E-state index contributed by atoms with van der Waals surface area (Å²) in [6.07, 6.45) is 0.642. The summed E-state index contributed by atoms with van der Waals surface area (Å²) in [6, 6.07) is 11.5. The average molecular weight is 456 g/mol. The number of hydrogen-bond acceptors (Lipinski definition) is 4. The van der Waals surface area contributed by atoms with Gasteiger partial charge in [-0.1, -0.05) is 23.2 Å². The minimum absolute atomic E-state index is 0.426. The third-order valence-electron chi connectivity index (χ3n) is 5.45. The van der Waals surface area contributed by atoms with E-state index < -0.39 is 16.1 Å². The van der Waals surface area contributed by atoms with Gasteiger partial charge in [0.05, 0.1) is 18.9 Å². The third-order valence-corrected chi connectivity index (χ3v) is 7.22. The number of piperazine rings is 1. The Morgan fingerprint density at radius 1 is 0.931 bits per heavy atom. The maximum absolute atomic E-state index is 11.7. The Bertz CT molecular complexity index is 1100. The van der Waals surface area contributed by atoms with Gasteiger partial charge in [0.15, 0.2) is 0 Å². The van der Waals surface area contributed by atoms with Crippen molar-refractivity contribution >= 4 is 55.0 Å². The third kappa shape index (κ3) is 4.40. The fourth-order valence-electron chi connectivity index (χ4n) is 4.06. The van der Waals surface area contributed by atoms with Gasteiger partial charge in [-0.15, -0.1) is 0 Å². The van der Waals surface area contributed by atoms with Crippen LogP contribution in [0.15, 0.2) is 36.4 Å². The quantitative estimate of drug-likeness (QED) is 0.641. The molecule has 0 saturated carbocycles. The molecule has 3 aromatic rings. The molecule has 0 aliphatic carbocycles. The van der Waals surface area contributed by atoms with Gasteiger partial charge in [0.1, 0.15) is 0 Å². The first-order valence-electron chi connectivity index (χ1n) is 9.45. The van der Waals surface area contributed by atoms with Crippen LogP contribution >= 0.6 is 23.2 Å². The molecule has 1 aromatic heterocycles. The van der Waals surface area contributed by atoms with Crippen LogP contribution in [0.2, 0.25) is 10.0 Å². The van der Waals surface area contributed by atoms with Gasteiger partial charge < -0.3 is 9.67 Å². The minimum atomic E-state index is -3.16. The molecule has 1 saturated heterocycles.